The van der Waals surface area contributed by atoms with E-state index in [0.717, 1.165) is 5.56 Å². The van der Waals surface area contributed by atoms with Crippen molar-refractivity contribution in [2.45, 2.75) is 6.92 Å². The predicted molar refractivity (Wildman–Crippen MR) is 63.3 cm³/mol. The van der Waals surface area contributed by atoms with Crippen molar-refractivity contribution in [3.8, 4) is 11.1 Å². The number of carbonyl (C=O) groups is 1. The Balaban J connectivity index is 2.66. The number of aromatic nitrogens is 1. The molecule has 4 nitrogen and oxygen atoms in total. The minimum Gasteiger partial charge on any atom is -0.425 e. The summed E-state index contributed by atoms with van der Waals surface area (Å²) in [5, 5.41) is 9.44. The first-order valence-electron chi connectivity index (χ1n) is 5.12. The summed E-state index contributed by atoms with van der Waals surface area (Å²) in [4.78, 5) is 22.8. The zero-order chi connectivity index (χ0) is 12.4. The molecule has 17 heavy (non-hydrogen) atoms. The quantitative estimate of drug-likeness (QED) is 0.632. The van der Waals surface area contributed by atoms with Crippen LogP contribution in [0.4, 0.5) is 0 Å². The van der Waals surface area contributed by atoms with Crippen LogP contribution in [0.25, 0.3) is 11.1 Å². The van der Waals surface area contributed by atoms with E-state index >= 15 is 0 Å². The van der Waals surface area contributed by atoms with Gasteiger partial charge in [0.15, 0.2) is 5.78 Å². The Morgan fingerprint density at radius 1 is 1.18 bits per heavy atom. The lowest BCUT2D eigenvalue weighted by Crippen LogP contribution is -2.23. The molecule has 0 bridgehead atoms. The Labute approximate surface area is 97.7 Å². The van der Waals surface area contributed by atoms with Gasteiger partial charge in [0.2, 0.25) is 0 Å². The van der Waals surface area contributed by atoms with Gasteiger partial charge in [0.05, 0.1) is 11.8 Å². The largest absolute Gasteiger partial charge is 0.425 e. The zero-order valence-corrected chi connectivity index (χ0v) is 9.25. The molecule has 2 aromatic rings. The standard InChI is InChI=1S/C13H11NO3/c1-9(15)12-7-11(8-14(17)13(12)16)10-5-3-2-4-6-10/h2-8,17H,1H3. The lowest BCUT2D eigenvalue weighted by molar-refractivity contribution is 0.100. The highest BCUT2D eigenvalue weighted by atomic mass is 16.5. The Morgan fingerprint density at radius 2 is 1.82 bits per heavy atom. The lowest BCUT2D eigenvalue weighted by Gasteiger charge is -2.05. The number of rotatable bonds is 2. The second-order valence-corrected chi connectivity index (χ2v) is 3.71. The molecular formula is C13H11NO3. The van der Waals surface area contributed by atoms with Gasteiger partial charge in [-0.1, -0.05) is 30.3 Å². The van der Waals surface area contributed by atoms with E-state index in [4.69, 9.17) is 0 Å². The van der Waals surface area contributed by atoms with Crippen LogP contribution in [0.15, 0.2) is 47.4 Å². The van der Waals surface area contributed by atoms with E-state index in [-0.39, 0.29) is 11.3 Å². The number of pyridine rings is 1. The first-order chi connectivity index (χ1) is 8.09. The van der Waals surface area contributed by atoms with Crippen LogP contribution in [-0.4, -0.2) is 15.7 Å². The molecule has 0 aliphatic carbocycles. The minimum absolute atomic E-state index is 0.0196. The number of hydrogen-bond donors (Lipinski definition) is 1. The van der Waals surface area contributed by atoms with Crippen LogP contribution in [0.2, 0.25) is 0 Å². The van der Waals surface area contributed by atoms with Gasteiger partial charge in [-0.15, -0.1) is 0 Å². The van der Waals surface area contributed by atoms with Gasteiger partial charge in [0.1, 0.15) is 0 Å². The molecule has 1 heterocycles. The molecule has 0 amide bonds. The highest BCUT2D eigenvalue weighted by Crippen LogP contribution is 2.18. The van der Waals surface area contributed by atoms with Crippen molar-refractivity contribution in [2.24, 2.45) is 0 Å². The van der Waals surface area contributed by atoms with Crippen molar-refractivity contribution < 1.29 is 10.0 Å². The second kappa shape index (κ2) is 4.25. The van der Waals surface area contributed by atoms with E-state index in [0.29, 0.717) is 10.3 Å². The number of Topliss-reactive ketones (excluding diaryl/α,β-unsaturated/α-hetero) is 1. The molecule has 1 aromatic carbocycles. The van der Waals surface area contributed by atoms with Gasteiger partial charge in [-0.2, -0.15) is 4.73 Å². The number of ketones is 1. The van der Waals surface area contributed by atoms with Crippen LogP contribution in [0.3, 0.4) is 0 Å². The number of carbonyl (C=O) groups excluding carboxylic acids is 1. The summed E-state index contributed by atoms with van der Waals surface area (Å²) < 4.78 is 0.444. The Bertz CT molecular complexity index is 614. The lowest BCUT2D eigenvalue weighted by atomic mass is 10.0. The van der Waals surface area contributed by atoms with E-state index in [9.17, 15) is 14.8 Å². The smallest absolute Gasteiger partial charge is 0.293 e. The minimum atomic E-state index is -0.697. The fourth-order valence-electron chi connectivity index (χ4n) is 1.61. The predicted octanol–water partition coefficient (Wildman–Crippen LogP) is 1.96. The second-order valence-electron chi connectivity index (χ2n) is 3.71. The van der Waals surface area contributed by atoms with Crippen molar-refractivity contribution in [2.75, 3.05) is 0 Å². The Morgan fingerprint density at radius 3 is 2.41 bits per heavy atom. The van der Waals surface area contributed by atoms with E-state index < -0.39 is 5.56 Å². The van der Waals surface area contributed by atoms with E-state index in [1.807, 2.05) is 30.3 Å². The molecule has 0 spiro atoms. The molecule has 0 aliphatic rings. The summed E-state index contributed by atoms with van der Waals surface area (Å²) in [5.41, 5.74) is 0.738. The maximum atomic E-state index is 11.5. The normalized spacial score (nSPS) is 10.2. The van der Waals surface area contributed by atoms with Gasteiger partial charge in [-0.25, -0.2) is 0 Å². The summed E-state index contributed by atoms with van der Waals surface area (Å²) in [6.07, 6.45) is 1.30. The molecule has 0 saturated heterocycles. The van der Waals surface area contributed by atoms with E-state index in [1.165, 1.54) is 19.2 Å². The molecule has 86 valence electrons. The van der Waals surface area contributed by atoms with E-state index in [1.54, 1.807) is 0 Å². The maximum absolute atomic E-state index is 11.5. The van der Waals surface area contributed by atoms with Gasteiger partial charge >= 0.3 is 0 Å². The molecule has 2 rings (SSSR count). The Kier molecular flexibility index (Phi) is 2.78. The highest BCUT2D eigenvalue weighted by molar-refractivity contribution is 5.94. The number of hydrogen-bond acceptors (Lipinski definition) is 3. The molecular weight excluding hydrogens is 218 g/mol. The fourth-order valence-corrected chi connectivity index (χ4v) is 1.61. The van der Waals surface area contributed by atoms with E-state index in [2.05, 4.69) is 0 Å². The average Bonchev–Trinajstić information content (AvgIpc) is 2.33. The molecule has 0 unspecified atom stereocenters. The van der Waals surface area contributed by atoms with Crippen LogP contribution in [0.5, 0.6) is 0 Å². The molecule has 0 radical (unpaired) electrons. The van der Waals surface area contributed by atoms with Gasteiger partial charge in [-0.05, 0) is 18.6 Å². The summed E-state index contributed by atoms with van der Waals surface area (Å²) in [5.74, 6) is -0.365. The number of nitrogens with zero attached hydrogens (tertiary/aromatic N) is 1. The molecule has 1 N–H and O–H groups in total. The first kappa shape index (κ1) is 11.1. The zero-order valence-electron chi connectivity index (χ0n) is 9.25. The fraction of sp³-hybridized carbons (Fsp3) is 0.0769. The number of benzene rings is 1. The molecule has 0 fully saturated rings. The van der Waals surface area contributed by atoms with Crippen LogP contribution in [-0.2, 0) is 0 Å². The highest BCUT2D eigenvalue weighted by Gasteiger charge is 2.10. The third-order valence-electron chi connectivity index (χ3n) is 2.49. The van der Waals surface area contributed by atoms with Crippen molar-refractivity contribution >= 4 is 5.78 Å². The van der Waals surface area contributed by atoms with Crippen molar-refractivity contribution in [3.63, 3.8) is 0 Å². The summed E-state index contributed by atoms with van der Waals surface area (Å²) in [7, 11) is 0. The monoisotopic (exact) mass is 229 g/mol. The maximum Gasteiger partial charge on any atom is 0.293 e. The SMILES string of the molecule is CC(=O)c1cc(-c2ccccc2)cn(O)c1=O. The molecule has 1 aromatic heterocycles. The third-order valence-corrected chi connectivity index (χ3v) is 2.49. The summed E-state index contributed by atoms with van der Waals surface area (Å²) >= 11 is 0. The van der Waals surface area contributed by atoms with Crippen LogP contribution in [0.1, 0.15) is 17.3 Å². The molecule has 0 aliphatic heterocycles. The first-order valence-corrected chi connectivity index (χ1v) is 5.12. The van der Waals surface area contributed by atoms with Gasteiger partial charge < -0.3 is 5.21 Å². The van der Waals surface area contributed by atoms with Crippen molar-refractivity contribution in [1.82, 2.24) is 4.73 Å². The topological polar surface area (TPSA) is 59.3 Å². The van der Waals surface area contributed by atoms with Crippen LogP contribution < -0.4 is 5.56 Å². The third kappa shape index (κ3) is 2.10. The van der Waals surface area contributed by atoms with Crippen molar-refractivity contribution in [1.29, 1.82) is 0 Å². The van der Waals surface area contributed by atoms with Crippen LogP contribution >= 0.6 is 0 Å². The van der Waals surface area contributed by atoms with Crippen molar-refractivity contribution in [3.05, 3.63) is 58.5 Å². The molecule has 0 saturated carbocycles. The van der Waals surface area contributed by atoms with Gasteiger partial charge in [-0.3, -0.25) is 9.59 Å². The average molecular weight is 229 g/mol. The molecule has 0 atom stereocenters. The van der Waals surface area contributed by atoms with Crippen LogP contribution in [0, 0.1) is 0 Å². The molecule has 4 heteroatoms. The summed E-state index contributed by atoms with van der Waals surface area (Å²) in [6, 6.07) is 10.7. The van der Waals surface area contributed by atoms with Gasteiger partial charge in [0, 0.05) is 5.56 Å². The Hall–Kier alpha value is -2.36. The van der Waals surface area contributed by atoms with Gasteiger partial charge in [0.25, 0.3) is 5.56 Å². The summed E-state index contributed by atoms with van der Waals surface area (Å²) in [6.45, 7) is 1.30.